The maximum atomic E-state index is 11.4. The second-order valence-corrected chi connectivity index (χ2v) is 6.93. The van der Waals surface area contributed by atoms with E-state index in [0.29, 0.717) is 23.7 Å². The average molecular weight is 290 g/mol. The van der Waals surface area contributed by atoms with Crippen LogP contribution >= 0.6 is 0 Å². The van der Waals surface area contributed by atoms with Crippen LogP contribution in [0, 0.1) is 5.92 Å². The third kappa shape index (κ3) is 1.99. The van der Waals surface area contributed by atoms with Crippen LogP contribution in [0.3, 0.4) is 0 Å². The molecular weight excluding hydrogens is 268 g/mol. The molecule has 4 aliphatic rings. The Morgan fingerprint density at radius 1 is 1.33 bits per heavy atom. The lowest BCUT2D eigenvalue weighted by Crippen LogP contribution is -2.67. The Labute approximate surface area is 124 Å². The van der Waals surface area contributed by atoms with Crippen LogP contribution in [0.4, 0.5) is 0 Å². The van der Waals surface area contributed by atoms with Crippen molar-refractivity contribution in [2.75, 3.05) is 13.1 Å². The van der Waals surface area contributed by atoms with E-state index in [-0.39, 0.29) is 5.54 Å². The molecule has 0 spiro atoms. The van der Waals surface area contributed by atoms with Crippen LogP contribution in [-0.2, 0) is 16.9 Å². The molecular formula is C15H22N4O2. The summed E-state index contributed by atoms with van der Waals surface area (Å²) in [6, 6.07) is 0.361. The van der Waals surface area contributed by atoms with Gasteiger partial charge in [-0.3, -0.25) is 9.69 Å². The minimum Gasteiger partial charge on any atom is -0.421 e. The Morgan fingerprint density at radius 3 is 2.90 bits per heavy atom. The minimum absolute atomic E-state index is 0.319. The molecule has 0 aromatic carbocycles. The first-order valence-electron chi connectivity index (χ1n) is 8.00. The Balaban J connectivity index is 1.55. The lowest BCUT2D eigenvalue weighted by molar-refractivity contribution is -0.166. The van der Waals surface area contributed by atoms with E-state index >= 15 is 0 Å². The van der Waals surface area contributed by atoms with Gasteiger partial charge in [-0.05, 0) is 44.7 Å². The van der Waals surface area contributed by atoms with Crippen molar-refractivity contribution >= 4 is 6.41 Å². The number of hydrogen-bond acceptors (Lipinski definition) is 5. The molecule has 4 heterocycles. The zero-order valence-corrected chi connectivity index (χ0v) is 12.5. The maximum absolute atomic E-state index is 11.4. The zero-order valence-electron chi connectivity index (χ0n) is 12.5. The lowest BCUT2D eigenvalue weighted by Gasteiger charge is -2.60. The van der Waals surface area contributed by atoms with E-state index in [0.717, 1.165) is 45.3 Å². The molecule has 4 fully saturated rings. The molecule has 2 bridgehead atoms. The van der Waals surface area contributed by atoms with Gasteiger partial charge in [0.15, 0.2) is 0 Å². The van der Waals surface area contributed by atoms with Gasteiger partial charge in [-0.2, -0.15) is 0 Å². The minimum atomic E-state index is -0.319. The SMILES string of the molecule is C[C@H]1CC2C[C@](c3nnc(CN4CCCC4)o3)(C1)N2C=O. The second-order valence-electron chi connectivity index (χ2n) is 6.93. The summed E-state index contributed by atoms with van der Waals surface area (Å²) in [5, 5.41) is 8.50. The lowest BCUT2D eigenvalue weighted by atomic mass is 9.64. The van der Waals surface area contributed by atoms with Crippen molar-refractivity contribution in [1.82, 2.24) is 20.0 Å². The summed E-state index contributed by atoms with van der Waals surface area (Å²) in [7, 11) is 0. The largest absolute Gasteiger partial charge is 0.421 e. The third-order valence-corrected chi connectivity index (χ3v) is 5.36. The van der Waals surface area contributed by atoms with Gasteiger partial charge in [-0.15, -0.1) is 10.2 Å². The summed E-state index contributed by atoms with van der Waals surface area (Å²) in [6.45, 7) is 5.21. The van der Waals surface area contributed by atoms with Crippen LogP contribution in [0.15, 0.2) is 4.42 Å². The van der Waals surface area contributed by atoms with Crippen LogP contribution in [0.5, 0.6) is 0 Å². The number of rotatable bonds is 4. The van der Waals surface area contributed by atoms with E-state index in [1.54, 1.807) is 0 Å². The van der Waals surface area contributed by atoms with Gasteiger partial charge >= 0.3 is 0 Å². The van der Waals surface area contributed by atoms with Crippen LogP contribution in [0.25, 0.3) is 0 Å². The van der Waals surface area contributed by atoms with Crippen molar-refractivity contribution in [2.24, 2.45) is 5.92 Å². The molecule has 114 valence electrons. The summed E-state index contributed by atoms with van der Waals surface area (Å²) in [4.78, 5) is 15.6. The number of hydrogen-bond donors (Lipinski definition) is 0. The van der Waals surface area contributed by atoms with Crippen molar-refractivity contribution in [2.45, 2.75) is 57.2 Å². The quantitative estimate of drug-likeness (QED) is 0.787. The molecule has 0 N–H and O–H groups in total. The first kappa shape index (κ1) is 13.2. The monoisotopic (exact) mass is 290 g/mol. The van der Waals surface area contributed by atoms with E-state index in [1.165, 1.54) is 12.8 Å². The molecule has 3 atom stereocenters. The number of fused-ring (bicyclic) bond motifs is 2. The first-order valence-corrected chi connectivity index (χ1v) is 8.00. The molecule has 1 aromatic heterocycles. The highest BCUT2D eigenvalue weighted by molar-refractivity contribution is 5.53. The summed E-state index contributed by atoms with van der Waals surface area (Å²) in [5.41, 5.74) is -0.319. The Bertz CT molecular complexity index is 540. The fraction of sp³-hybridized carbons (Fsp3) is 0.800. The predicted molar refractivity (Wildman–Crippen MR) is 75.2 cm³/mol. The van der Waals surface area contributed by atoms with Gasteiger partial charge in [0.2, 0.25) is 18.2 Å². The fourth-order valence-electron chi connectivity index (χ4n) is 4.45. The molecule has 1 aromatic rings. The van der Waals surface area contributed by atoms with E-state index in [1.807, 2.05) is 4.90 Å². The van der Waals surface area contributed by atoms with Crippen molar-refractivity contribution in [3.8, 4) is 0 Å². The number of amides is 1. The van der Waals surface area contributed by atoms with Crippen molar-refractivity contribution in [3.05, 3.63) is 11.8 Å². The highest BCUT2D eigenvalue weighted by Gasteiger charge is 2.59. The normalized spacial score (nSPS) is 35.8. The number of carbonyl (C=O) groups is 1. The van der Waals surface area contributed by atoms with Gasteiger partial charge < -0.3 is 9.32 Å². The van der Waals surface area contributed by atoms with Gasteiger partial charge in [0, 0.05) is 12.5 Å². The van der Waals surface area contributed by atoms with Crippen molar-refractivity contribution < 1.29 is 9.21 Å². The summed E-state index contributed by atoms with van der Waals surface area (Å²) in [6.07, 6.45) is 6.47. The van der Waals surface area contributed by atoms with Crippen LogP contribution in [0.1, 0.15) is 50.8 Å². The first-order chi connectivity index (χ1) is 10.2. The second kappa shape index (κ2) is 4.80. The van der Waals surface area contributed by atoms with Crippen LogP contribution in [0.2, 0.25) is 0 Å². The molecule has 3 aliphatic heterocycles. The van der Waals surface area contributed by atoms with Gasteiger partial charge in [-0.1, -0.05) is 6.92 Å². The van der Waals surface area contributed by atoms with Gasteiger partial charge in [0.25, 0.3) is 0 Å². The average Bonchev–Trinajstić information content (AvgIpc) is 3.10. The number of aromatic nitrogens is 2. The van der Waals surface area contributed by atoms with Gasteiger partial charge in [-0.25, -0.2) is 0 Å². The number of piperidine rings is 1. The standard InChI is InChI=1S/C15H22N4O2/c1-11-6-12-8-15(7-11,19(12)10-20)14-17-16-13(21-14)9-18-4-2-3-5-18/h10-12H,2-9H2,1H3/t11-,12?,15-/m0/s1. The molecule has 3 saturated heterocycles. The zero-order chi connectivity index (χ0) is 14.4. The van der Waals surface area contributed by atoms with Gasteiger partial charge in [0.05, 0.1) is 6.54 Å². The molecule has 6 nitrogen and oxygen atoms in total. The number of nitrogens with zero attached hydrogens (tertiary/aromatic N) is 4. The molecule has 21 heavy (non-hydrogen) atoms. The highest BCUT2D eigenvalue weighted by Crippen LogP contribution is 2.54. The maximum Gasteiger partial charge on any atom is 0.242 e. The van der Waals surface area contributed by atoms with E-state index < -0.39 is 0 Å². The van der Waals surface area contributed by atoms with E-state index in [2.05, 4.69) is 22.0 Å². The molecule has 6 heteroatoms. The smallest absolute Gasteiger partial charge is 0.242 e. The summed E-state index contributed by atoms with van der Waals surface area (Å²) >= 11 is 0. The topological polar surface area (TPSA) is 62.5 Å². The Kier molecular flexibility index (Phi) is 3.03. The molecule has 1 aliphatic carbocycles. The third-order valence-electron chi connectivity index (χ3n) is 5.36. The molecule has 0 radical (unpaired) electrons. The van der Waals surface area contributed by atoms with Crippen LogP contribution in [-0.4, -0.2) is 45.5 Å². The van der Waals surface area contributed by atoms with E-state index in [4.69, 9.17) is 4.42 Å². The Hall–Kier alpha value is -1.43. The van der Waals surface area contributed by atoms with Crippen LogP contribution < -0.4 is 0 Å². The van der Waals surface area contributed by atoms with E-state index in [9.17, 15) is 4.79 Å². The highest BCUT2D eigenvalue weighted by atomic mass is 16.4. The summed E-state index contributed by atoms with van der Waals surface area (Å²) < 4.78 is 5.94. The fourth-order valence-corrected chi connectivity index (χ4v) is 4.45. The summed E-state index contributed by atoms with van der Waals surface area (Å²) in [5.74, 6) is 1.94. The number of likely N-dealkylation sites (tertiary alicyclic amines) is 1. The molecule has 1 amide bonds. The predicted octanol–water partition coefficient (Wildman–Crippen LogP) is 1.52. The number of carbonyl (C=O) groups excluding carboxylic acids is 1. The van der Waals surface area contributed by atoms with Gasteiger partial charge in [0.1, 0.15) is 5.54 Å². The molecule has 1 unspecified atom stereocenters. The van der Waals surface area contributed by atoms with Crippen molar-refractivity contribution in [1.29, 1.82) is 0 Å². The molecule has 1 saturated carbocycles. The Morgan fingerprint density at radius 2 is 2.14 bits per heavy atom. The molecule has 5 rings (SSSR count). The van der Waals surface area contributed by atoms with Crippen molar-refractivity contribution in [3.63, 3.8) is 0 Å².